The molecule has 3 rings (SSSR count). The minimum Gasteiger partial charge on any atom is -0.258 e. The fourth-order valence-corrected chi connectivity index (χ4v) is 3.29. The van der Waals surface area contributed by atoms with Gasteiger partial charge in [0.1, 0.15) is 5.15 Å². The molecule has 8 heteroatoms. The van der Waals surface area contributed by atoms with Crippen LogP contribution in [0, 0.1) is 10.1 Å². The minimum absolute atomic E-state index is 0.0486. The van der Waals surface area contributed by atoms with E-state index < -0.39 is 16.7 Å². The van der Waals surface area contributed by atoms with Crippen LogP contribution in [0.15, 0.2) is 42.5 Å². The van der Waals surface area contributed by atoms with Crippen LogP contribution in [0.2, 0.25) is 5.15 Å². The minimum atomic E-state index is -4.53. The molecule has 1 heterocycles. The van der Waals surface area contributed by atoms with Gasteiger partial charge >= 0.3 is 6.18 Å². The molecule has 0 spiro atoms. The van der Waals surface area contributed by atoms with Crippen molar-refractivity contribution in [2.24, 2.45) is 0 Å². The molecule has 0 amide bonds. The Hall–Kier alpha value is -2.67. The third kappa shape index (κ3) is 3.73. The van der Waals surface area contributed by atoms with E-state index in [2.05, 4.69) is 4.98 Å². The van der Waals surface area contributed by atoms with Gasteiger partial charge in [-0.3, -0.25) is 10.1 Å². The summed E-state index contributed by atoms with van der Waals surface area (Å²) in [5, 5.41) is 12.0. The van der Waals surface area contributed by atoms with Crippen molar-refractivity contribution in [3.05, 3.63) is 68.9 Å². The van der Waals surface area contributed by atoms with Crippen LogP contribution in [-0.2, 0) is 12.6 Å². The molecule has 0 unspecified atom stereocenters. The molecule has 0 radical (unpaired) electrons. The molecule has 0 saturated carbocycles. The van der Waals surface area contributed by atoms with Gasteiger partial charge in [0, 0.05) is 11.1 Å². The summed E-state index contributed by atoms with van der Waals surface area (Å²) in [6.07, 6.45) is -3.37. The van der Waals surface area contributed by atoms with Gasteiger partial charge in [0.05, 0.1) is 21.4 Å². The quantitative estimate of drug-likeness (QED) is 0.291. The second-order valence-corrected chi connectivity index (χ2v) is 6.43. The fourth-order valence-electron chi connectivity index (χ4n) is 3.09. The molecule has 0 aliphatic carbocycles. The van der Waals surface area contributed by atoms with Gasteiger partial charge in [0.2, 0.25) is 0 Å². The molecule has 3 aromatic rings. The van der Waals surface area contributed by atoms with Crippen LogP contribution in [0.4, 0.5) is 18.9 Å². The van der Waals surface area contributed by atoms with E-state index in [4.69, 9.17) is 11.6 Å². The maximum Gasteiger partial charge on any atom is 0.416 e. The summed E-state index contributed by atoms with van der Waals surface area (Å²) in [7, 11) is 0. The largest absolute Gasteiger partial charge is 0.416 e. The maximum atomic E-state index is 13.1. The van der Waals surface area contributed by atoms with Crippen LogP contribution in [0.25, 0.3) is 22.0 Å². The van der Waals surface area contributed by atoms with E-state index in [0.717, 1.165) is 12.1 Å². The van der Waals surface area contributed by atoms with E-state index in [-0.39, 0.29) is 32.9 Å². The number of nitro benzene ring substituents is 1. The molecule has 27 heavy (non-hydrogen) atoms. The van der Waals surface area contributed by atoms with Gasteiger partial charge in [0.25, 0.3) is 5.69 Å². The molecule has 0 aliphatic heterocycles. The van der Waals surface area contributed by atoms with E-state index >= 15 is 0 Å². The average molecular weight is 395 g/mol. The SMILES string of the molecule is CCCc1ccc2nc(Cl)cc(-c3cccc(C(F)(F)F)c3)c2c1[N+](=O)[O-]. The van der Waals surface area contributed by atoms with Gasteiger partial charge in [-0.2, -0.15) is 13.2 Å². The molecule has 0 bridgehead atoms. The highest BCUT2D eigenvalue weighted by molar-refractivity contribution is 6.30. The lowest BCUT2D eigenvalue weighted by Gasteiger charge is -2.13. The lowest BCUT2D eigenvalue weighted by atomic mass is 9.95. The summed E-state index contributed by atoms with van der Waals surface area (Å²) >= 11 is 6.03. The Morgan fingerprint density at radius 3 is 2.56 bits per heavy atom. The van der Waals surface area contributed by atoms with Gasteiger partial charge in [-0.15, -0.1) is 0 Å². The van der Waals surface area contributed by atoms with Crippen LogP contribution in [0.5, 0.6) is 0 Å². The monoisotopic (exact) mass is 394 g/mol. The summed E-state index contributed by atoms with van der Waals surface area (Å²) < 4.78 is 39.3. The zero-order valence-electron chi connectivity index (χ0n) is 14.2. The van der Waals surface area contributed by atoms with Crippen molar-refractivity contribution in [2.75, 3.05) is 0 Å². The Labute approximate surface area is 157 Å². The highest BCUT2D eigenvalue weighted by Crippen LogP contribution is 2.40. The molecular weight excluding hydrogens is 381 g/mol. The van der Waals surface area contributed by atoms with E-state index in [1.54, 1.807) is 12.1 Å². The number of alkyl halides is 3. The Kier molecular flexibility index (Phi) is 5.06. The van der Waals surface area contributed by atoms with Crippen LogP contribution >= 0.6 is 11.6 Å². The summed E-state index contributed by atoms with van der Waals surface area (Å²) in [5.74, 6) is 0. The lowest BCUT2D eigenvalue weighted by molar-refractivity contribution is -0.383. The number of halogens is 4. The molecule has 0 atom stereocenters. The van der Waals surface area contributed by atoms with Crippen molar-refractivity contribution in [2.45, 2.75) is 25.9 Å². The first-order valence-electron chi connectivity index (χ1n) is 8.16. The number of hydrogen-bond donors (Lipinski definition) is 0. The Morgan fingerprint density at radius 1 is 1.19 bits per heavy atom. The first kappa shape index (κ1) is 19.1. The molecule has 140 valence electrons. The summed E-state index contributed by atoms with van der Waals surface area (Å²) in [4.78, 5) is 15.4. The summed E-state index contributed by atoms with van der Waals surface area (Å²) in [5.41, 5.74) is 0.227. The number of nitro groups is 1. The second-order valence-electron chi connectivity index (χ2n) is 6.05. The molecule has 0 N–H and O–H groups in total. The van der Waals surface area contributed by atoms with Gasteiger partial charge in [-0.25, -0.2) is 4.98 Å². The predicted octanol–water partition coefficient (Wildman–Crippen LogP) is 6.43. The normalized spacial score (nSPS) is 11.7. The van der Waals surface area contributed by atoms with E-state index in [1.807, 2.05) is 6.92 Å². The second kappa shape index (κ2) is 7.15. The Morgan fingerprint density at radius 2 is 1.93 bits per heavy atom. The van der Waals surface area contributed by atoms with Crippen LogP contribution in [0.1, 0.15) is 24.5 Å². The predicted molar refractivity (Wildman–Crippen MR) is 97.8 cm³/mol. The number of hydrogen-bond acceptors (Lipinski definition) is 3. The number of benzene rings is 2. The van der Waals surface area contributed by atoms with Gasteiger partial charge < -0.3 is 0 Å². The van der Waals surface area contributed by atoms with E-state index in [0.29, 0.717) is 18.4 Å². The standard InChI is InChI=1S/C19H14ClF3N2O2/c1-2-4-11-7-8-15-17(18(11)25(26)27)14(10-16(20)24-15)12-5-3-6-13(9-12)19(21,22)23/h3,5-10H,2,4H2,1H3. The zero-order chi connectivity index (χ0) is 19.8. The number of rotatable bonds is 4. The third-order valence-electron chi connectivity index (χ3n) is 4.20. The molecule has 0 fully saturated rings. The van der Waals surface area contributed by atoms with Crippen molar-refractivity contribution in [3.63, 3.8) is 0 Å². The zero-order valence-corrected chi connectivity index (χ0v) is 14.9. The van der Waals surface area contributed by atoms with Crippen molar-refractivity contribution >= 4 is 28.2 Å². The van der Waals surface area contributed by atoms with Crippen LogP contribution in [-0.4, -0.2) is 9.91 Å². The molecule has 2 aromatic carbocycles. The number of aromatic nitrogens is 1. The average Bonchev–Trinajstić information content (AvgIpc) is 2.60. The number of aryl methyl sites for hydroxylation is 1. The smallest absolute Gasteiger partial charge is 0.258 e. The summed E-state index contributed by atoms with van der Waals surface area (Å²) in [6, 6.07) is 9.23. The third-order valence-corrected chi connectivity index (χ3v) is 4.40. The maximum absolute atomic E-state index is 13.1. The van der Waals surface area contributed by atoms with E-state index in [1.165, 1.54) is 18.2 Å². The van der Waals surface area contributed by atoms with Gasteiger partial charge in [-0.05, 0) is 42.3 Å². The molecule has 4 nitrogen and oxygen atoms in total. The topological polar surface area (TPSA) is 56.0 Å². The highest BCUT2D eigenvalue weighted by Gasteiger charge is 2.31. The van der Waals surface area contributed by atoms with Crippen molar-refractivity contribution in [1.29, 1.82) is 0 Å². The number of pyridine rings is 1. The van der Waals surface area contributed by atoms with Crippen molar-refractivity contribution in [3.8, 4) is 11.1 Å². The Balaban J connectivity index is 2.39. The van der Waals surface area contributed by atoms with Crippen molar-refractivity contribution in [1.82, 2.24) is 4.98 Å². The number of fused-ring (bicyclic) bond motifs is 1. The highest BCUT2D eigenvalue weighted by atomic mass is 35.5. The molecule has 0 saturated heterocycles. The van der Waals surface area contributed by atoms with Crippen LogP contribution < -0.4 is 0 Å². The first-order chi connectivity index (χ1) is 12.7. The van der Waals surface area contributed by atoms with Crippen molar-refractivity contribution < 1.29 is 18.1 Å². The first-order valence-corrected chi connectivity index (χ1v) is 8.54. The molecular formula is C19H14ClF3N2O2. The van der Waals surface area contributed by atoms with E-state index in [9.17, 15) is 23.3 Å². The lowest BCUT2D eigenvalue weighted by Crippen LogP contribution is -2.04. The molecule has 0 aliphatic rings. The number of nitrogens with zero attached hydrogens (tertiary/aromatic N) is 2. The fraction of sp³-hybridized carbons (Fsp3) is 0.211. The summed E-state index contributed by atoms with van der Waals surface area (Å²) in [6.45, 7) is 1.89. The molecule has 1 aromatic heterocycles. The van der Waals surface area contributed by atoms with Gasteiger partial charge in [0.15, 0.2) is 0 Å². The van der Waals surface area contributed by atoms with Crippen LogP contribution in [0.3, 0.4) is 0 Å². The Bertz CT molecular complexity index is 1040. The van der Waals surface area contributed by atoms with Gasteiger partial charge in [-0.1, -0.05) is 37.1 Å².